The number of Topliss-reactive ketones (excluding diaryl/α,β-unsaturated/α-hetero) is 1. The van der Waals surface area contributed by atoms with Crippen molar-refractivity contribution in [1.29, 1.82) is 5.26 Å². The van der Waals surface area contributed by atoms with E-state index >= 15 is 0 Å². The summed E-state index contributed by atoms with van der Waals surface area (Å²) in [7, 11) is 0. The Kier molecular flexibility index (Phi) is 4.49. The van der Waals surface area contributed by atoms with Crippen LogP contribution in [-0.4, -0.2) is 5.78 Å². The summed E-state index contributed by atoms with van der Waals surface area (Å²) in [6.07, 6.45) is 0. The smallest absolute Gasteiger partial charge is 0.187 e. The van der Waals surface area contributed by atoms with Gasteiger partial charge in [-0.25, -0.2) is 8.78 Å². The van der Waals surface area contributed by atoms with Crippen molar-refractivity contribution >= 4 is 21.7 Å². The number of carbonyl (C=O) groups is 1. The van der Waals surface area contributed by atoms with E-state index in [4.69, 9.17) is 0 Å². The SMILES string of the molecule is Cc1cc(C(=O)C(C#N)c2cccc(Br)c2)c(F)cc1F. The highest BCUT2D eigenvalue weighted by Crippen LogP contribution is 2.25. The molecule has 0 aromatic heterocycles. The lowest BCUT2D eigenvalue weighted by molar-refractivity contribution is 0.0974. The van der Waals surface area contributed by atoms with Gasteiger partial charge in [-0.05, 0) is 36.2 Å². The van der Waals surface area contributed by atoms with E-state index in [0.29, 0.717) is 16.1 Å². The van der Waals surface area contributed by atoms with Crippen molar-refractivity contribution < 1.29 is 13.6 Å². The van der Waals surface area contributed by atoms with Crippen molar-refractivity contribution in [3.8, 4) is 6.07 Å². The zero-order chi connectivity index (χ0) is 15.6. The molecular formula is C16H10BrF2NO. The van der Waals surface area contributed by atoms with Gasteiger partial charge in [-0.2, -0.15) is 5.26 Å². The molecule has 0 heterocycles. The largest absolute Gasteiger partial charge is 0.292 e. The first-order valence-electron chi connectivity index (χ1n) is 6.09. The summed E-state index contributed by atoms with van der Waals surface area (Å²) in [6, 6.07) is 10.4. The molecule has 21 heavy (non-hydrogen) atoms. The van der Waals surface area contributed by atoms with Crippen molar-refractivity contribution in [1.82, 2.24) is 0 Å². The molecule has 5 heteroatoms. The van der Waals surface area contributed by atoms with Crippen molar-refractivity contribution in [2.24, 2.45) is 0 Å². The predicted octanol–water partition coefficient (Wildman–Crippen LogP) is 4.53. The first kappa shape index (κ1) is 15.3. The maximum absolute atomic E-state index is 13.8. The van der Waals surface area contributed by atoms with Crippen molar-refractivity contribution in [2.45, 2.75) is 12.8 Å². The Bertz CT molecular complexity index is 752. The van der Waals surface area contributed by atoms with Crippen molar-refractivity contribution in [2.75, 3.05) is 0 Å². The van der Waals surface area contributed by atoms with Gasteiger partial charge in [0, 0.05) is 10.5 Å². The number of aryl methyl sites for hydroxylation is 1. The summed E-state index contributed by atoms with van der Waals surface area (Å²) in [5.41, 5.74) is 0.337. The molecule has 2 aromatic carbocycles. The lowest BCUT2D eigenvalue weighted by Gasteiger charge is -2.11. The third-order valence-corrected chi connectivity index (χ3v) is 3.58. The van der Waals surface area contributed by atoms with Crippen LogP contribution in [0.5, 0.6) is 0 Å². The molecule has 2 rings (SSSR count). The third kappa shape index (κ3) is 3.17. The van der Waals surface area contributed by atoms with Crippen LogP contribution in [0.25, 0.3) is 0 Å². The maximum Gasteiger partial charge on any atom is 0.187 e. The van der Waals surface area contributed by atoms with E-state index in [1.54, 1.807) is 24.3 Å². The number of rotatable bonds is 3. The highest BCUT2D eigenvalue weighted by Gasteiger charge is 2.25. The zero-order valence-corrected chi connectivity index (χ0v) is 12.6. The van der Waals surface area contributed by atoms with Crippen LogP contribution in [-0.2, 0) is 0 Å². The summed E-state index contributed by atoms with van der Waals surface area (Å²) in [6.45, 7) is 1.44. The van der Waals surface area contributed by atoms with Crippen LogP contribution in [0.2, 0.25) is 0 Å². The summed E-state index contributed by atoms with van der Waals surface area (Å²) < 4.78 is 27.8. The monoisotopic (exact) mass is 349 g/mol. The fourth-order valence-electron chi connectivity index (χ4n) is 1.97. The maximum atomic E-state index is 13.8. The second-order valence-corrected chi connectivity index (χ2v) is 5.48. The van der Waals surface area contributed by atoms with Crippen LogP contribution in [0.1, 0.15) is 27.4 Å². The average molecular weight is 350 g/mol. The second kappa shape index (κ2) is 6.15. The molecule has 0 saturated carbocycles. The number of nitrogens with zero attached hydrogens (tertiary/aromatic N) is 1. The summed E-state index contributed by atoms with van der Waals surface area (Å²) in [5, 5.41) is 9.23. The number of hydrogen-bond acceptors (Lipinski definition) is 2. The van der Waals surface area contributed by atoms with Gasteiger partial charge >= 0.3 is 0 Å². The summed E-state index contributed by atoms with van der Waals surface area (Å²) in [5.74, 6) is -3.50. The van der Waals surface area contributed by atoms with Crippen LogP contribution >= 0.6 is 15.9 Å². The van der Waals surface area contributed by atoms with Gasteiger partial charge < -0.3 is 0 Å². The molecule has 106 valence electrons. The summed E-state index contributed by atoms with van der Waals surface area (Å²) in [4.78, 5) is 12.4. The molecule has 0 N–H and O–H groups in total. The Morgan fingerprint density at radius 3 is 2.57 bits per heavy atom. The summed E-state index contributed by atoms with van der Waals surface area (Å²) >= 11 is 3.26. The molecule has 1 atom stereocenters. The molecule has 1 unspecified atom stereocenters. The standard InChI is InChI=1S/C16H10BrF2NO/c1-9-5-12(15(19)7-14(9)18)16(21)13(8-20)10-3-2-4-11(17)6-10/h2-7,13H,1H3. The topological polar surface area (TPSA) is 40.9 Å². The number of hydrogen-bond donors (Lipinski definition) is 0. The highest BCUT2D eigenvalue weighted by molar-refractivity contribution is 9.10. The second-order valence-electron chi connectivity index (χ2n) is 4.56. The van der Waals surface area contributed by atoms with E-state index < -0.39 is 23.3 Å². The van der Waals surface area contributed by atoms with Gasteiger partial charge in [0.25, 0.3) is 0 Å². The quantitative estimate of drug-likeness (QED) is 0.764. The normalized spacial score (nSPS) is 11.8. The first-order valence-corrected chi connectivity index (χ1v) is 6.88. The number of ketones is 1. The Balaban J connectivity index is 2.47. The number of carbonyl (C=O) groups excluding carboxylic acids is 1. The molecule has 0 aliphatic heterocycles. The fourth-order valence-corrected chi connectivity index (χ4v) is 2.39. The molecule has 0 bridgehead atoms. The molecule has 0 aliphatic carbocycles. The minimum atomic E-state index is -1.14. The van der Waals surface area contributed by atoms with Gasteiger partial charge in [0.2, 0.25) is 0 Å². The van der Waals surface area contributed by atoms with Crippen molar-refractivity contribution in [3.63, 3.8) is 0 Å². The van der Waals surface area contributed by atoms with Crippen LogP contribution in [0, 0.1) is 29.9 Å². The molecule has 0 spiro atoms. The number of nitriles is 1. The molecule has 0 radical (unpaired) electrons. The molecular weight excluding hydrogens is 340 g/mol. The van der Waals surface area contributed by atoms with Crippen molar-refractivity contribution in [3.05, 3.63) is 69.2 Å². The lowest BCUT2D eigenvalue weighted by Crippen LogP contribution is -2.13. The van der Waals surface area contributed by atoms with Gasteiger partial charge in [0.1, 0.15) is 17.6 Å². The fraction of sp³-hybridized carbons (Fsp3) is 0.125. The molecule has 0 saturated heterocycles. The number of benzene rings is 2. The van der Waals surface area contributed by atoms with Gasteiger partial charge in [-0.15, -0.1) is 0 Å². The van der Waals surface area contributed by atoms with E-state index in [9.17, 15) is 18.8 Å². The van der Waals surface area contributed by atoms with E-state index in [1.807, 2.05) is 6.07 Å². The van der Waals surface area contributed by atoms with Crippen LogP contribution in [0.3, 0.4) is 0 Å². The van der Waals surface area contributed by atoms with Gasteiger partial charge in [-0.1, -0.05) is 28.1 Å². The van der Waals surface area contributed by atoms with E-state index in [-0.39, 0.29) is 11.1 Å². The highest BCUT2D eigenvalue weighted by atomic mass is 79.9. The van der Waals surface area contributed by atoms with Gasteiger partial charge in [-0.3, -0.25) is 4.79 Å². The van der Waals surface area contributed by atoms with Crippen LogP contribution in [0.4, 0.5) is 8.78 Å². The molecule has 2 nitrogen and oxygen atoms in total. The molecule has 0 amide bonds. The van der Waals surface area contributed by atoms with Gasteiger partial charge in [0.05, 0.1) is 11.6 Å². The first-order chi connectivity index (χ1) is 9.93. The predicted molar refractivity (Wildman–Crippen MR) is 77.9 cm³/mol. The van der Waals surface area contributed by atoms with E-state index in [0.717, 1.165) is 6.07 Å². The lowest BCUT2D eigenvalue weighted by atomic mass is 9.91. The van der Waals surface area contributed by atoms with Gasteiger partial charge in [0.15, 0.2) is 5.78 Å². The number of halogens is 3. The third-order valence-electron chi connectivity index (χ3n) is 3.09. The molecule has 0 aliphatic rings. The Labute approximate surface area is 129 Å². The average Bonchev–Trinajstić information content (AvgIpc) is 2.43. The zero-order valence-electron chi connectivity index (χ0n) is 11.0. The molecule has 0 fully saturated rings. The Morgan fingerprint density at radius 2 is 1.95 bits per heavy atom. The van der Waals surface area contributed by atoms with Crippen LogP contribution < -0.4 is 0 Å². The van der Waals surface area contributed by atoms with E-state index in [1.165, 1.54) is 6.92 Å². The Hall–Kier alpha value is -2.06. The van der Waals surface area contributed by atoms with Crippen LogP contribution in [0.15, 0.2) is 40.9 Å². The minimum Gasteiger partial charge on any atom is -0.292 e. The minimum absolute atomic E-state index is 0.158. The molecule has 2 aromatic rings. The van der Waals surface area contributed by atoms with E-state index in [2.05, 4.69) is 15.9 Å². The Morgan fingerprint density at radius 1 is 1.24 bits per heavy atom.